The molecule has 1 aromatic heterocycles. The van der Waals surface area contributed by atoms with Crippen LogP contribution in [0.5, 0.6) is 0 Å². The molecule has 0 fully saturated rings. The fourth-order valence-electron chi connectivity index (χ4n) is 0.485. The topological polar surface area (TPSA) is 32.9 Å². The summed E-state index contributed by atoms with van der Waals surface area (Å²) in [6.45, 7) is -5.20. The number of nitrogens with one attached hydrogen (secondary N) is 1. The quantitative estimate of drug-likeness (QED) is 0.556. The zero-order chi connectivity index (χ0) is 11.9. The second kappa shape index (κ2) is 2.05. The van der Waals surface area contributed by atoms with Crippen LogP contribution in [0.1, 0.15) is 19.4 Å². The van der Waals surface area contributed by atoms with Crippen LogP contribution in [-0.4, -0.2) is 4.98 Å². The van der Waals surface area contributed by atoms with Crippen molar-refractivity contribution in [3.05, 3.63) is 33.7 Å². The number of aryl methyl sites for hydroxylation is 2. The maximum atomic E-state index is 11.5. The molecule has 2 heteroatoms. The van der Waals surface area contributed by atoms with Crippen LogP contribution in [0, 0.1) is 13.7 Å². The first kappa shape index (κ1) is 1.97. The minimum absolute atomic E-state index is 0.504. The molecule has 1 rings (SSSR count). The lowest BCUT2D eigenvalue weighted by Gasteiger charge is -1.90. The maximum absolute atomic E-state index is 11.5. The van der Waals surface area contributed by atoms with Gasteiger partial charge in [0.15, 0.2) is 5.43 Å². The molecule has 0 aliphatic heterocycles. The lowest BCUT2D eigenvalue weighted by atomic mass is 10.2. The second-order valence-corrected chi connectivity index (χ2v) is 1.61. The van der Waals surface area contributed by atoms with Gasteiger partial charge in [-0.1, -0.05) is 0 Å². The minimum Gasteiger partial charge on any atom is -0.367 e. The number of hydrogen-bond acceptors (Lipinski definition) is 1. The first-order valence-electron chi connectivity index (χ1n) is 5.36. The Hall–Kier alpha value is -1.05. The van der Waals surface area contributed by atoms with Gasteiger partial charge in [0.25, 0.3) is 0 Å². The zero-order valence-corrected chi connectivity index (χ0v) is 4.56. The van der Waals surface area contributed by atoms with Crippen LogP contribution in [-0.2, 0) is 0 Å². The van der Waals surface area contributed by atoms with E-state index in [-0.39, 0.29) is 0 Å². The molecule has 0 saturated heterocycles. The van der Waals surface area contributed by atoms with Crippen molar-refractivity contribution in [1.29, 1.82) is 0 Å². The Morgan fingerprint density at radius 3 is 2.44 bits per heavy atom. The van der Waals surface area contributed by atoms with Crippen molar-refractivity contribution >= 4 is 0 Å². The number of H-pyrrole nitrogens is 1. The second-order valence-electron chi connectivity index (χ2n) is 1.61. The van der Waals surface area contributed by atoms with Crippen molar-refractivity contribution in [3.63, 3.8) is 0 Å². The van der Waals surface area contributed by atoms with E-state index in [1.165, 1.54) is 0 Å². The molecule has 1 aromatic rings. The molecule has 0 amide bonds. The molecule has 0 radical (unpaired) electrons. The normalized spacial score (nSPS) is 22.2. The molecule has 1 heterocycles. The summed E-state index contributed by atoms with van der Waals surface area (Å²) in [6.07, 6.45) is 2.01. The number of pyridine rings is 1. The van der Waals surface area contributed by atoms with Gasteiger partial charge in [-0.05, 0) is 13.7 Å². The molecule has 0 atom stereocenters. The van der Waals surface area contributed by atoms with Crippen molar-refractivity contribution in [3.8, 4) is 0 Å². The summed E-state index contributed by atoms with van der Waals surface area (Å²) >= 11 is 0. The summed E-state index contributed by atoms with van der Waals surface area (Å²) in [5.41, 5.74) is -1.96. The largest absolute Gasteiger partial charge is 0.367 e. The van der Waals surface area contributed by atoms with Crippen LogP contribution in [0.25, 0.3) is 0 Å². The average molecular weight is 129 g/mol. The Labute approximate surface area is 62.0 Å². The molecule has 9 heavy (non-hydrogen) atoms. The van der Waals surface area contributed by atoms with E-state index in [0.717, 1.165) is 12.4 Å². The van der Waals surface area contributed by atoms with E-state index in [2.05, 4.69) is 4.98 Å². The number of aromatic nitrogens is 1. The van der Waals surface area contributed by atoms with E-state index < -0.39 is 30.3 Å². The molecular formula is C7H9NO. The molecule has 0 bridgehead atoms. The van der Waals surface area contributed by atoms with Crippen molar-refractivity contribution in [1.82, 2.24) is 4.98 Å². The van der Waals surface area contributed by atoms with Gasteiger partial charge in [0, 0.05) is 31.7 Å². The van der Waals surface area contributed by atoms with Crippen molar-refractivity contribution in [2.75, 3.05) is 0 Å². The van der Waals surface area contributed by atoms with Gasteiger partial charge in [0.1, 0.15) is 0 Å². The Balaban J connectivity index is 3.44. The molecule has 1 N–H and O–H groups in total. The van der Waals surface area contributed by atoms with Crippen molar-refractivity contribution < 1.29 is 8.22 Å². The maximum Gasteiger partial charge on any atom is 0.187 e. The predicted octanol–water partition coefficient (Wildman–Crippen LogP) is 0.992. The summed E-state index contributed by atoms with van der Waals surface area (Å²) in [6, 6.07) is 0. The number of hydrogen-bond donors (Lipinski definition) is 1. The van der Waals surface area contributed by atoms with Gasteiger partial charge in [-0.25, -0.2) is 0 Å². The Morgan fingerprint density at radius 2 is 2.00 bits per heavy atom. The molecule has 0 saturated carbocycles. The van der Waals surface area contributed by atoms with Gasteiger partial charge < -0.3 is 4.98 Å². The van der Waals surface area contributed by atoms with Gasteiger partial charge in [-0.2, -0.15) is 0 Å². The smallest absolute Gasteiger partial charge is 0.187 e. The molecule has 48 valence electrons. The third kappa shape index (κ3) is 1.02. The third-order valence-electron chi connectivity index (χ3n) is 0.945. The molecule has 2 nitrogen and oxygen atoms in total. The van der Waals surface area contributed by atoms with Gasteiger partial charge in [-0.15, -0.1) is 0 Å². The van der Waals surface area contributed by atoms with Gasteiger partial charge in [-0.3, -0.25) is 4.79 Å². The molecule has 0 aliphatic rings. The predicted molar refractivity (Wildman–Crippen MR) is 36.5 cm³/mol. The summed E-state index contributed by atoms with van der Waals surface area (Å²) in [5.74, 6) is 0. The standard InChI is InChI=1S/C7H9NO/c1-5-3-8-4-6(2)7(5)9/h3-4H,1-2H3,(H,8,9)/i1D3,2D3. The fraction of sp³-hybridized carbons (Fsp3) is 0.286. The summed E-state index contributed by atoms with van der Waals surface area (Å²) < 4.78 is 42.3. The zero-order valence-electron chi connectivity index (χ0n) is 10.6. The summed E-state index contributed by atoms with van der Waals surface area (Å²) in [5, 5.41) is 0. The van der Waals surface area contributed by atoms with Crippen LogP contribution in [0.2, 0.25) is 0 Å². The van der Waals surface area contributed by atoms with Crippen LogP contribution in [0.15, 0.2) is 17.2 Å². The van der Waals surface area contributed by atoms with E-state index >= 15 is 0 Å². The summed E-state index contributed by atoms with van der Waals surface area (Å²) in [7, 11) is 0. The van der Waals surface area contributed by atoms with E-state index in [1.54, 1.807) is 0 Å². The highest BCUT2D eigenvalue weighted by molar-refractivity contribution is 5.14. The van der Waals surface area contributed by atoms with Crippen molar-refractivity contribution in [2.24, 2.45) is 0 Å². The minimum atomic E-state index is -2.60. The Bertz CT molecular complexity index is 379. The van der Waals surface area contributed by atoms with E-state index in [1.807, 2.05) is 0 Å². The SMILES string of the molecule is [2H]C([2H])([2H])c1c[nH]cc(C([2H])([2H])[2H])c1=O. The molecule has 0 aromatic carbocycles. The highest BCUT2D eigenvalue weighted by atomic mass is 16.1. The lowest BCUT2D eigenvalue weighted by Crippen LogP contribution is -2.07. The van der Waals surface area contributed by atoms with Crippen LogP contribution < -0.4 is 5.43 Å². The molecule has 0 spiro atoms. The van der Waals surface area contributed by atoms with Crippen LogP contribution in [0.3, 0.4) is 0 Å². The highest BCUT2D eigenvalue weighted by Gasteiger charge is 1.92. The number of rotatable bonds is 0. The van der Waals surface area contributed by atoms with E-state index in [0.29, 0.717) is 0 Å². The molecular weight excluding hydrogens is 114 g/mol. The average Bonchev–Trinajstić information content (AvgIpc) is 1.99. The van der Waals surface area contributed by atoms with Crippen LogP contribution >= 0.6 is 0 Å². The lowest BCUT2D eigenvalue weighted by molar-refractivity contribution is 1.18. The summed E-state index contributed by atoms with van der Waals surface area (Å²) in [4.78, 5) is 13.9. The third-order valence-corrected chi connectivity index (χ3v) is 0.945. The number of aromatic amines is 1. The molecule has 0 aliphatic carbocycles. The monoisotopic (exact) mass is 129 g/mol. The van der Waals surface area contributed by atoms with Crippen molar-refractivity contribution in [2.45, 2.75) is 13.7 Å². The van der Waals surface area contributed by atoms with Gasteiger partial charge in [0.05, 0.1) is 0 Å². The van der Waals surface area contributed by atoms with Gasteiger partial charge >= 0.3 is 0 Å². The van der Waals surface area contributed by atoms with E-state index in [4.69, 9.17) is 8.22 Å². The van der Waals surface area contributed by atoms with E-state index in [9.17, 15) is 4.79 Å². The molecule has 0 unspecified atom stereocenters. The Morgan fingerprint density at radius 1 is 1.44 bits per heavy atom. The fourth-order valence-corrected chi connectivity index (χ4v) is 0.485. The first-order valence-corrected chi connectivity index (χ1v) is 2.36. The highest BCUT2D eigenvalue weighted by Crippen LogP contribution is 1.87. The van der Waals surface area contributed by atoms with Crippen LogP contribution in [0.4, 0.5) is 0 Å². The Kier molecular flexibility index (Phi) is 0.450. The first-order chi connectivity index (χ1) is 6.64. The van der Waals surface area contributed by atoms with Gasteiger partial charge in [0.2, 0.25) is 0 Å².